The zero-order valence-electron chi connectivity index (χ0n) is 15.3. The maximum atomic E-state index is 13.4. The van der Waals surface area contributed by atoms with Gasteiger partial charge in [0.2, 0.25) is 0 Å². The van der Waals surface area contributed by atoms with E-state index in [1.165, 1.54) is 0 Å². The number of carbonyl (C=O) groups is 2. The van der Waals surface area contributed by atoms with Crippen LogP contribution in [0.15, 0.2) is 84.9 Å². The molecule has 0 bridgehead atoms. The number of anilines is 2. The number of hydrogen-bond acceptors (Lipinski definition) is 2. The van der Waals surface area contributed by atoms with Gasteiger partial charge < -0.3 is 15.5 Å². The smallest absolute Gasteiger partial charge is 0.320 e. The summed E-state index contributed by atoms with van der Waals surface area (Å²) in [4.78, 5) is 27.7. The molecule has 0 aliphatic carbocycles. The third kappa shape index (κ3) is 3.74. The summed E-state index contributed by atoms with van der Waals surface area (Å²) in [5, 5.41) is 5.63. The van der Waals surface area contributed by atoms with Gasteiger partial charge in [-0.2, -0.15) is 0 Å². The van der Waals surface area contributed by atoms with Crippen LogP contribution in [0, 0.1) is 0 Å². The fourth-order valence-electron chi connectivity index (χ4n) is 3.48. The lowest BCUT2D eigenvalue weighted by Crippen LogP contribution is -2.43. The second-order valence-electron chi connectivity index (χ2n) is 6.68. The first kappa shape index (κ1) is 17.8. The monoisotopic (exact) mass is 371 g/mol. The molecule has 1 aliphatic heterocycles. The molecule has 0 radical (unpaired) electrons. The molecule has 0 aromatic heterocycles. The maximum absolute atomic E-state index is 13.4. The number of para-hydroxylation sites is 2. The minimum Gasteiger partial charge on any atom is -0.322 e. The van der Waals surface area contributed by atoms with E-state index >= 15 is 0 Å². The van der Waals surface area contributed by atoms with Gasteiger partial charge in [0, 0.05) is 17.9 Å². The highest BCUT2D eigenvalue weighted by Crippen LogP contribution is 2.30. The van der Waals surface area contributed by atoms with Gasteiger partial charge in [0.25, 0.3) is 5.91 Å². The van der Waals surface area contributed by atoms with E-state index in [0.29, 0.717) is 12.2 Å². The molecule has 1 aliphatic rings. The summed E-state index contributed by atoms with van der Waals surface area (Å²) in [5.74, 6) is -0.139. The van der Waals surface area contributed by atoms with Crippen molar-refractivity contribution in [2.24, 2.45) is 0 Å². The second kappa shape index (κ2) is 7.96. The minimum absolute atomic E-state index is 0.139. The topological polar surface area (TPSA) is 61.4 Å². The van der Waals surface area contributed by atoms with E-state index in [1.54, 1.807) is 17.0 Å². The Labute approximate surface area is 164 Å². The van der Waals surface area contributed by atoms with Crippen molar-refractivity contribution < 1.29 is 9.59 Å². The number of benzene rings is 3. The van der Waals surface area contributed by atoms with Crippen molar-refractivity contribution in [1.29, 1.82) is 0 Å². The molecule has 0 saturated carbocycles. The van der Waals surface area contributed by atoms with Crippen LogP contribution in [0.25, 0.3) is 0 Å². The van der Waals surface area contributed by atoms with Crippen molar-refractivity contribution >= 4 is 23.3 Å². The Kier molecular flexibility index (Phi) is 5.06. The predicted octanol–water partition coefficient (Wildman–Crippen LogP) is 4.14. The van der Waals surface area contributed by atoms with Crippen LogP contribution in [0.4, 0.5) is 16.2 Å². The van der Waals surface area contributed by atoms with Crippen LogP contribution < -0.4 is 15.5 Å². The maximum Gasteiger partial charge on any atom is 0.320 e. The van der Waals surface area contributed by atoms with Crippen LogP contribution in [-0.2, 0) is 11.2 Å². The number of rotatable bonds is 4. The summed E-state index contributed by atoms with van der Waals surface area (Å²) in [5.41, 5.74) is 3.49. The van der Waals surface area contributed by atoms with Crippen LogP contribution in [0.2, 0.25) is 0 Å². The Bertz CT molecular complexity index is 973. The highest BCUT2D eigenvalue weighted by atomic mass is 16.2. The first-order chi connectivity index (χ1) is 13.7. The molecular formula is C23H21N3O2. The number of carbonyl (C=O) groups excluding carboxylic acids is 2. The Balaban J connectivity index is 1.58. The average molecular weight is 371 g/mol. The lowest BCUT2D eigenvalue weighted by molar-refractivity contribution is -0.120. The van der Waals surface area contributed by atoms with Gasteiger partial charge >= 0.3 is 6.03 Å². The van der Waals surface area contributed by atoms with Gasteiger partial charge in [0.15, 0.2) is 0 Å². The molecule has 1 atom stereocenters. The molecule has 28 heavy (non-hydrogen) atoms. The first-order valence-corrected chi connectivity index (χ1v) is 9.29. The predicted molar refractivity (Wildman–Crippen MR) is 110 cm³/mol. The van der Waals surface area contributed by atoms with Gasteiger partial charge in [-0.25, -0.2) is 4.79 Å². The fraction of sp³-hybridized carbons (Fsp3) is 0.130. The molecule has 0 spiro atoms. The average Bonchev–Trinajstić information content (AvgIpc) is 3.17. The highest BCUT2D eigenvalue weighted by Gasteiger charge is 2.32. The van der Waals surface area contributed by atoms with Crippen LogP contribution in [0.1, 0.15) is 17.2 Å². The van der Waals surface area contributed by atoms with Gasteiger partial charge in [0.05, 0.1) is 0 Å². The Hall–Kier alpha value is -3.60. The van der Waals surface area contributed by atoms with Crippen LogP contribution >= 0.6 is 0 Å². The van der Waals surface area contributed by atoms with Gasteiger partial charge in [-0.15, -0.1) is 0 Å². The van der Waals surface area contributed by atoms with E-state index in [9.17, 15) is 9.59 Å². The van der Waals surface area contributed by atoms with E-state index in [2.05, 4.69) is 10.6 Å². The zero-order chi connectivity index (χ0) is 19.3. The molecule has 1 heterocycles. The van der Waals surface area contributed by atoms with Gasteiger partial charge in [-0.05, 0) is 35.7 Å². The standard InChI is InChI=1S/C23H21N3O2/c27-22(26-16-15-17-9-7-8-14-20(17)26)21(18-10-3-1-4-11-18)25-23(28)24-19-12-5-2-6-13-19/h1-14,21H,15-16H2,(H2,24,25,28)/t21-/m0/s1. The number of nitrogens with zero attached hydrogens (tertiary/aromatic N) is 1. The first-order valence-electron chi connectivity index (χ1n) is 9.29. The molecule has 0 fully saturated rings. The van der Waals surface area contributed by atoms with Crippen molar-refractivity contribution in [2.75, 3.05) is 16.8 Å². The molecule has 3 aromatic rings. The number of nitrogens with one attached hydrogen (secondary N) is 2. The van der Waals surface area contributed by atoms with Crippen LogP contribution in [0.5, 0.6) is 0 Å². The summed E-state index contributed by atoms with van der Waals surface area (Å²) < 4.78 is 0. The summed E-state index contributed by atoms with van der Waals surface area (Å²) >= 11 is 0. The Morgan fingerprint density at radius 2 is 1.46 bits per heavy atom. The van der Waals surface area contributed by atoms with Crippen LogP contribution in [-0.4, -0.2) is 18.5 Å². The molecule has 2 N–H and O–H groups in total. The molecule has 3 aromatic carbocycles. The van der Waals surface area contributed by atoms with E-state index in [0.717, 1.165) is 23.2 Å². The largest absolute Gasteiger partial charge is 0.322 e. The molecule has 5 nitrogen and oxygen atoms in total. The van der Waals surface area contributed by atoms with E-state index in [-0.39, 0.29) is 5.91 Å². The van der Waals surface area contributed by atoms with Gasteiger partial charge in [-0.1, -0.05) is 66.7 Å². The lowest BCUT2D eigenvalue weighted by atomic mass is 10.1. The normalized spacial score (nSPS) is 13.5. The highest BCUT2D eigenvalue weighted by molar-refractivity contribution is 6.02. The summed E-state index contributed by atoms with van der Waals surface area (Å²) in [6, 6.07) is 25.2. The van der Waals surface area contributed by atoms with E-state index < -0.39 is 12.1 Å². The molecular weight excluding hydrogens is 350 g/mol. The van der Waals surface area contributed by atoms with E-state index in [4.69, 9.17) is 0 Å². The van der Waals surface area contributed by atoms with Crippen molar-refractivity contribution in [3.05, 3.63) is 96.1 Å². The molecule has 0 unspecified atom stereocenters. The second-order valence-corrected chi connectivity index (χ2v) is 6.68. The number of amides is 3. The van der Waals surface area contributed by atoms with Crippen molar-refractivity contribution in [3.63, 3.8) is 0 Å². The number of urea groups is 1. The molecule has 4 rings (SSSR count). The summed E-state index contributed by atoms with van der Waals surface area (Å²) in [6.07, 6.45) is 0.819. The Morgan fingerprint density at radius 1 is 0.821 bits per heavy atom. The fourth-order valence-corrected chi connectivity index (χ4v) is 3.48. The van der Waals surface area contributed by atoms with Crippen LogP contribution in [0.3, 0.4) is 0 Å². The minimum atomic E-state index is -0.768. The molecule has 140 valence electrons. The van der Waals surface area contributed by atoms with Gasteiger partial charge in [-0.3, -0.25) is 4.79 Å². The number of hydrogen-bond donors (Lipinski definition) is 2. The zero-order valence-corrected chi connectivity index (χ0v) is 15.3. The third-order valence-electron chi connectivity index (χ3n) is 4.84. The summed E-state index contributed by atoms with van der Waals surface area (Å²) in [7, 11) is 0. The Morgan fingerprint density at radius 3 is 2.21 bits per heavy atom. The third-order valence-corrected chi connectivity index (χ3v) is 4.84. The SMILES string of the molecule is O=C(Nc1ccccc1)N[C@H](C(=O)N1CCc2ccccc21)c1ccccc1. The van der Waals surface area contributed by atoms with Crippen molar-refractivity contribution in [2.45, 2.75) is 12.5 Å². The molecule has 5 heteroatoms. The van der Waals surface area contributed by atoms with Crippen molar-refractivity contribution in [1.82, 2.24) is 5.32 Å². The molecule has 3 amide bonds. The quantitative estimate of drug-likeness (QED) is 0.724. The summed E-state index contributed by atoms with van der Waals surface area (Å²) in [6.45, 7) is 0.615. The van der Waals surface area contributed by atoms with Crippen molar-refractivity contribution in [3.8, 4) is 0 Å². The number of fused-ring (bicyclic) bond motifs is 1. The molecule has 0 saturated heterocycles. The lowest BCUT2D eigenvalue weighted by Gasteiger charge is -2.25. The van der Waals surface area contributed by atoms with Gasteiger partial charge in [0.1, 0.15) is 6.04 Å². The van der Waals surface area contributed by atoms with E-state index in [1.807, 2.05) is 72.8 Å².